The molecule has 0 atom stereocenters. The van der Waals surface area contributed by atoms with Gasteiger partial charge in [-0.05, 0) is 25.1 Å². The molecule has 1 aromatic carbocycles. The van der Waals surface area contributed by atoms with Crippen molar-refractivity contribution < 1.29 is 4.52 Å². The summed E-state index contributed by atoms with van der Waals surface area (Å²) in [4.78, 5) is 4.35. The Bertz CT molecular complexity index is 657. The molecule has 3 aromatic rings. The number of hydrogen-bond donors (Lipinski definition) is 1. The van der Waals surface area contributed by atoms with Gasteiger partial charge in [-0.15, -0.1) is 0 Å². The zero-order valence-electron chi connectivity index (χ0n) is 8.19. The summed E-state index contributed by atoms with van der Waals surface area (Å²) in [7, 11) is 0. The molecule has 15 heavy (non-hydrogen) atoms. The van der Waals surface area contributed by atoms with Crippen molar-refractivity contribution in [3.05, 3.63) is 29.8 Å². The lowest BCUT2D eigenvalue weighted by atomic mass is 10.1. The van der Waals surface area contributed by atoms with Gasteiger partial charge in [0.25, 0.3) is 0 Å². The molecule has 74 valence electrons. The average Bonchev–Trinajstić information content (AvgIpc) is 2.57. The zero-order chi connectivity index (χ0) is 10.4. The number of rotatable bonds is 0. The molecule has 0 aliphatic rings. The molecule has 4 heteroatoms. The quantitative estimate of drug-likeness (QED) is 0.603. The molecule has 0 bridgehead atoms. The van der Waals surface area contributed by atoms with Crippen molar-refractivity contribution in [2.45, 2.75) is 6.92 Å². The molecule has 2 N–H and O–H groups in total. The van der Waals surface area contributed by atoms with Crippen LogP contribution < -0.4 is 5.73 Å². The topological polar surface area (TPSA) is 64.9 Å². The number of fused-ring (bicyclic) bond motifs is 2. The second kappa shape index (κ2) is 2.70. The van der Waals surface area contributed by atoms with E-state index in [0.29, 0.717) is 11.5 Å². The number of pyridine rings is 1. The van der Waals surface area contributed by atoms with E-state index < -0.39 is 0 Å². The molecule has 0 fully saturated rings. The van der Waals surface area contributed by atoms with Crippen LogP contribution in [-0.4, -0.2) is 10.1 Å². The van der Waals surface area contributed by atoms with Crippen LogP contribution in [0.15, 0.2) is 28.8 Å². The summed E-state index contributed by atoms with van der Waals surface area (Å²) >= 11 is 0. The molecule has 0 aliphatic carbocycles. The van der Waals surface area contributed by atoms with Crippen LogP contribution in [0.25, 0.3) is 21.9 Å². The van der Waals surface area contributed by atoms with E-state index in [9.17, 15) is 0 Å². The fourth-order valence-corrected chi connectivity index (χ4v) is 1.68. The van der Waals surface area contributed by atoms with Gasteiger partial charge < -0.3 is 10.3 Å². The van der Waals surface area contributed by atoms with E-state index in [2.05, 4.69) is 16.2 Å². The predicted octanol–water partition coefficient (Wildman–Crippen LogP) is 2.27. The Labute approximate surface area is 85.7 Å². The minimum Gasteiger partial charge on any atom is -0.367 e. The lowest BCUT2D eigenvalue weighted by Crippen LogP contribution is -1.84. The van der Waals surface area contributed by atoms with Crippen molar-refractivity contribution in [1.82, 2.24) is 10.1 Å². The van der Waals surface area contributed by atoms with Crippen molar-refractivity contribution in [2.75, 3.05) is 5.73 Å². The molecule has 4 nitrogen and oxygen atoms in total. The second-order valence-corrected chi connectivity index (χ2v) is 3.60. The fraction of sp³-hybridized carbons (Fsp3) is 0.0909. The molecular weight excluding hydrogens is 190 g/mol. The van der Waals surface area contributed by atoms with Gasteiger partial charge in [0.05, 0.1) is 10.9 Å². The molecule has 0 unspecified atom stereocenters. The van der Waals surface area contributed by atoms with E-state index in [1.807, 2.05) is 25.1 Å². The highest BCUT2D eigenvalue weighted by molar-refractivity contribution is 5.95. The molecule has 0 saturated heterocycles. The van der Waals surface area contributed by atoms with Gasteiger partial charge in [0.2, 0.25) is 11.5 Å². The Hall–Kier alpha value is -2.10. The third-order valence-corrected chi connectivity index (χ3v) is 2.45. The summed E-state index contributed by atoms with van der Waals surface area (Å²) in [6.07, 6.45) is 0. The highest BCUT2D eigenvalue weighted by Crippen LogP contribution is 2.24. The molecule has 0 radical (unpaired) electrons. The summed E-state index contributed by atoms with van der Waals surface area (Å²) < 4.78 is 4.88. The van der Waals surface area contributed by atoms with Gasteiger partial charge in [0, 0.05) is 5.39 Å². The zero-order valence-corrected chi connectivity index (χ0v) is 8.19. The summed E-state index contributed by atoms with van der Waals surface area (Å²) in [6, 6.07) is 8.00. The normalized spacial score (nSPS) is 11.3. The summed E-state index contributed by atoms with van der Waals surface area (Å²) in [5, 5.41) is 5.60. The average molecular weight is 199 g/mol. The van der Waals surface area contributed by atoms with Gasteiger partial charge >= 0.3 is 0 Å². The van der Waals surface area contributed by atoms with Gasteiger partial charge in [0.15, 0.2) is 0 Å². The summed E-state index contributed by atoms with van der Waals surface area (Å²) in [5.41, 5.74) is 8.29. The van der Waals surface area contributed by atoms with Crippen LogP contribution in [0.2, 0.25) is 0 Å². The van der Waals surface area contributed by atoms with Crippen LogP contribution in [-0.2, 0) is 0 Å². The molecule has 3 rings (SSSR count). The first-order valence-corrected chi connectivity index (χ1v) is 4.66. The monoisotopic (exact) mass is 199 g/mol. The minimum atomic E-state index is 0.320. The molecular formula is C11H9N3O. The number of hydrogen-bond acceptors (Lipinski definition) is 4. The van der Waals surface area contributed by atoms with Crippen LogP contribution >= 0.6 is 0 Å². The van der Waals surface area contributed by atoms with E-state index in [0.717, 1.165) is 16.3 Å². The number of nitrogens with zero attached hydrogens (tertiary/aromatic N) is 2. The fourth-order valence-electron chi connectivity index (χ4n) is 1.68. The number of aromatic nitrogens is 2. The first-order valence-electron chi connectivity index (χ1n) is 4.66. The molecule has 0 amide bonds. The van der Waals surface area contributed by atoms with Gasteiger partial charge in [-0.3, -0.25) is 0 Å². The largest absolute Gasteiger partial charge is 0.367 e. The van der Waals surface area contributed by atoms with Crippen molar-refractivity contribution in [3.63, 3.8) is 0 Å². The van der Waals surface area contributed by atoms with Gasteiger partial charge in [-0.1, -0.05) is 16.8 Å². The Morgan fingerprint density at radius 3 is 3.00 bits per heavy atom. The van der Waals surface area contributed by atoms with Crippen molar-refractivity contribution in [3.8, 4) is 0 Å². The maximum atomic E-state index is 5.64. The lowest BCUT2D eigenvalue weighted by molar-refractivity contribution is 0.443. The Morgan fingerprint density at radius 2 is 2.13 bits per heavy atom. The third-order valence-electron chi connectivity index (χ3n) is 2.45. The second-order valence-electron chi connectivity index (χ2n) is 3.60. The van der Waals surface area contributed by atoms with Crippen molar-refractivity contribution >= 4 is 27.8 Å². The summed E-state index contributed by atoms with van der Waals surface area (Å²) in [6.45, 7) is 2.04. The number of anilines is 1. The third kappa shape index (κ3) is 1.15. The van der Waals surface area contributed by atoms with Gasteiger partial charge in [0.1, 0.15) is 0 Å². The molecule has 2 heterocycles. The smallest absolute Gasteiger partial charge is 0.231 e. The standard InChI is InChI=1S/C11H9N3O/c1-6-2-3-9-7(4-6)5-8-10(12)15-14-11(8)13-9/h2-5H,12H2,1H3. The first kappa shape index (κ1) is 8.23. The van der Waals surface area contributed by atoms with E-state index >= 15 is 0 Å². The van der Waals surface area contributed by atoms with E-state index in [-0.39, 0.29) is 0 Å². The highest BCUT2D eigenvalue weighted by Gasteiger charge is 2.07. The minimum absolute atomic E-state index is 0.320. The van der Waals surface area contributed by atoms with Crippen molar-refractivity contribution in [2.24, 2.45) is 0 Å². The van der Waals surface area contributed by atoms with Crippen LogP contribution in [0.3, 0.4) is 0 Å². The van der Waals surface area contributed by atoms with Crippen LogP contribution in [0.1, 0.15) is 5.56 Å². The molecule has 2 aromatic heterocycles. The molecule has 0 aliphatic heterocycles. The maximum Gasteiger partial charge on any atom is 0.231 e. The van der Waals surface area contributed by atoms with Crippen molar-refractivity contribution in [1.29, 1.82) is 0 Å². The lowest BCUT2D eigenvalue weighted by Gasteiger charge is -1.98. The highest BCUT2D eigenvalue weighted by atomic mass is 16.5. The number of nitrogen functional groups attached to an aromatic ring is 1. The van der Waals surface area contributed by atoms with Gasteiger partial charge in [-0.2, -0.15) is 0 Å². The van der Waals surface area contributed by atoms with E-state index in [4.69, 9.17) is 10.3 Å². The Balaban J connectivity index is 2.50. The number of benzene rings is 1. The maximum absolute atomic E-state index is 5.64. The SMILES string of the molecule is Cc1ccc2nc3noc(N)c3cc2c1. The number of aryl methyl sites for hydroxylation is 1. The molecule has 0 spiro atoms. The van der Waals surface area contributed by atoms with Gasteiger partial charge in [-0.25, -0.2) is 4.98 Å². The predicted molar refractivity (Wildman–Crippen MR) is 58.5 cm³/mol. The first-order chi connectivity index (χ1) is 7.24. The van der Waals surface area contributed by atoms with Crippen LogP contribution in [0, 0.1) is 6.92 Å². The van der Waals surface area contributed by atoms with E-state index in [1.54, 1.807) is 0 Å². The van der Waals surface area contributed by atoms with Crippen LogP contribution in [0.5, 0.6) is 0 Å². The Morgan fingerprint density at radius 1 is 1.27 bits per heavy atom. The number of nitrogens with two attached hydrogens (primary N) is 1. The van der Waals surface area contributed by atoms with E-state index in [1.165, 1.54) is 5.56 Å². The molecule has 0 saturated carbocycles. The van der Waals surface area contributed by atoms with Crippen LogP contribution in [0.4, 0.5) is 5.88 Å². The summed E-state index contributed by atoms with van der Waals surface area (Å²) in [5.74, 6) is 0.320. The Kier molecular flexibility index (Phi) is 1.48.